The molecule has 2 N–H and O–H groups in total. The van der Waals surface area contributed by atoms with E-state index in [0.29, 0.717) is 35.7 Å². The van der Waals surface area contributed by atoms with Crippen LogP contribution in [-0.2, 0) is 9.59 Å². The van der Waals surface area contributed by atoms with Gasteiger partial charge in [-0.15, -0.1) is 0 Å². The largest absolute Gasteiger partial charge is 0.481 e. The second-order valence-corrected chi connectivity index (χ2v) is 10.3. The van der Waals surface area contributed by atoms with E-state index >= 15 is 0 Å². The van der Waals surface area contributed by atoms with E-state index in [2.05, 4.69) is 12.2 Å². The van der Waals surface area contributed by atoms with Crippen molar-refractivity contribution in [3.63, 3.8) is 0 Å². The highest BCUT2D eigenvalue weighted by Crippen LogP contribution is 2.49. The van der Waals surface area contributed by atoms with Gasteiger partial charge >= 0.3 is 5.97 Å². The summed E-state index contributed by atoms with van der Waals surface area (Å²) in [5.41, 5.74) is 3.18. The van der Waals surface area contributed by atoms with E-state index in [4.69, 9.17) is 9.47 Å². The molecule has 2 aliphatic heterocycles. The number of hydrogen-bond donors (Lipinski definition) is 2. The fourth-order valence-corrected chi connectivity index (χ4v) is 5.82. The molecule has 3 aromatic rings. The molecule has 1 fully saturated rings. The Labute approximate surface area is 227 Å². The molecule has 2 aliphatic rings. The fraction of sp³-hybridized carbons (Fsp3) is 0.355. The number of anilines is 1. The third-order valence-electron chi connectivity index (χ3n) is 7.68. The average molecular weight is 533 g/mol. The van der Waals surface area contributed by atoms with Crippen LogP contribution >= 0.6 is 0 Å². The molecule has 2 heterocycles. The van der Waals surface area contributed by atoms with Gasteiger partial charge in [0.05, 0.1) is 12.0 Å². The van der Waals surface area contributed by atoms with Crippen LogP contribution in [0.5, 0.6) is 11.5 Å². The van der Waals surface area contributed by atoms with Crippen LogP contribution in [0.15, 0.2) is 66.7 Å². The Balaban J connectivity index is 1.56. The highest BCUT2D eigenvalue weighted by Gasteiger charge is 2.50. The number of carbonyl (C=O) groups is 2. The van der Waals surface area contributed by atoms with Crippen molar-refractivity contribution in [3.8, 4) is 11.5 Å². The Morgan fingerprint density at radius 3 is 2.51 bits per heavy atom. The van der Waals surface area contributed by atoms with Crippen molar-refractivity contribution in [2.75, 3.05) is 18.7 Å². The monoisotopic (exact) mass is 532 g/mol. The second-order valence-electron chi connectivity index (χ2n) is 10.3. The van der Waals surface area contributed by atoms with Gasteiger partial charge in [0.1, 0.15) is 5.82 Å². The molecule has 0 saturated carbocycles. The van der Waals surface area contributed by atoms with Gasteiger partial charge < -0.3 is 19.9 Å². The molecular formula is C31H33FN2O5. The van der Waals surface area contributed by atoms with Crippen LogP contribution in [0.1, 0.15) is 54.8 Å². The predicted octanol–water partition coefficient (Wildman–Crippen LogP) is 5.90. The van der Waals surface area contributed by atoms with Crippen molar-refractivity contribution in [2.45, 2.75) is 51.1 Å². The number of benzene rings is 3. The number of nitrogens with zero attached hydrogens (tertiary/aromatic N) is 1. The Kier molecular flexibility index (Phi) is 7.84. The maximum atomic E-state index is 13.9. The minimum Gasteiger partial charge on any atom is -0.481 e. The molecule has 0 spiro atoms. The maximum absolute atomic E-state index is 13.9. The van der Waals surface area contributed by atoms with Crippen molar-refractivity contribution in [1.82, 2.24) is 4.90 Å². The lowest BCUT2D eigenvalue weighted by Gasteiger charge is -2.33. The second kappa shape index (κ2) is 11.5. The molecule has 5 rings (SSSR count). The zero-order valence-electron chi connectivity index (χ0n) is 22.1. The quantitative estimate of drug-likeness (QED) is 0.357. The number of aliphatic carboxylic acids is 1. The summed E-state index contributed by atoms with van der Waals surface area (Å²) in [5, 5.41) is 13.6. The first-order valence-corrected chi connectivity index (χ1v) is 13.4. The number of carboxylic acid groups (broad SMARTS) is 1. The number of halogens is 1. The van der Waals surface area contributed by atoms with E-state index < -0.39 is 35.7 Å². The lowest BCUT2D eigenvalue weighted by Crippen LogP contribution is -2.45. The number of likely N-dealkylation sites (tertiary alicyclic amines) is 1. The van der Waals surface area contributed by atoms with Crippen LogP contribution in [0.2, 0.25) is 0 Å². The molecule has 1 saturated heterocycles. The number of carbonyl (C=O) groups excluding carboxylic acids is 1. The fourth-order valence-electron chi connectivity index (χ4n) is 5.82. The van der Waals surface area contributed by atoms with Crippen LogP contribution < -0.4 is 14.8 Å². The standard InChI is InChI=1S/C31H33FN2O5/c1-3-4-8-25(30(35)33-23-7-5-6-19(2)15-23)34-17-24(21-11-14-26-27(16-21)39-18-38-26)28(31(36)37)29(34)20-9-12-22(32)13-10-20/h5-7,9-16,24-25,28-29H,3-4,8,17-18H2,1-2H3,(H,33,35)(H,36,37). The summed E-state index contributed by atoms with van der Waals surface area (Å²) in [4.78, 5) is 28.7. The molecule has 7 nitrogen and oxygen atoms in total. The van der Waals surface area contributed by atoms with Gasteiger partial charge in [-0.3, -0.25) is 14.5 Å². The summed E-state index contributed by atoms with van der Waals surface area (Å²) in [5.74, 6) is -1.65. The summed E-state index contributed by atoms with van der Waals surface area (Å²) < 4.78 is 24.9. The van der Waals surface area contributed by atoms with E-state index in [-0.39, 0.29) is 12.7 Å². The summed E-state index contributed by atoms with van der Waals surface area (Å²) in [6.07, 6.45) is 2.24. The maximum Gasteiger partial charge on any atom is 0.309 e. The number of amides is 1. The molecule has 4 unspecified atom stereocenters. The zero-order chi connectivity index (χ0) is 27.5. The number of fused-ring (bicyclic) bond motifs is 1. The van der Waals surface area contributed by atoms with Crippen molar-refractivity contribution in [1.29, 1.82) is 0 Å². The third kappa shape index (κ3) is 5.61. The van der Waals surface area contributed by atoms with Crippen LogP contribution in [0.3, 0.4) is 0 Å². The molecule has 39 heavy (non-hydrogen) atoms. The van der Waals surface area contributed by atoms with Gasteiger partial charge in [0.2, 0.25) is 12.7 Å². The molecule has 0 radical (unpaired) electrons. The number of hydrogen-bond acceptors (Lipinski definition) is 5. The topological polar surface area (TPSA) is 88.1 Å². The van der Waals surface area contributed by atoms with Gasteiger partial charge in [0.15, 0.2) is 11.5 Å². The lowest BCUT2D eigenvalue weighted by molar-refractivity contribution is -0.143. The molecule has 0 bridgehead atoms. The Morgan fingerprint density at radius 2 is 1.79 bits per heavy atom. The number of aryl methyl sites for hydroxylation is 1. The Morgan fingerprint density at radius 1 is 1.05 bits per heavy atom. The number of unbranched alkanes of at least 4 members (excludes halogenated alkanes) is 1. The first-order valence-electron chi connectivity index (χ1n) is 13.4. The number of ether oxygens (including phenoxy) is 2. The first kappa shape index (κ1) is 26.7. The van der Waals surface area contributed by atoms with E-state index in [1.807, 2.05) is 48.2 Å². The molecule has 0 aliphatic carbocycles. The van der Waals surface area contributed by atoms with Crippen LogP contribution in [0, 0.1) is 18.7 Å². The molecule has 4 atom stereocenters. The van der Waals surface area contributed by atoms with Crippen molar-refractivity contribution in [3.05, 3.63) is 89.2 Å². The Bertz CT molecular complexity index is 1350. The normalized spacial score (nSPS) is 21.1. The van der Waals surface area contributed by atoms with Crippen molar-refractivity contribution < 1.29 is 28.6 Å². The predicted molar refractivity (Wildman–Crippen MR) is 145 cm³/mol. The van der Waals surface area contributed by atoms with Gasteiger partial charge in [-0.05, 0) is 66.4 Å². The molecule has 3 aromatic carbocycles. The summed E-state index contributed by atoms with van der Waals surface area (Å²) >= 11 is 0. The average Bonchev–Trinajstić information content (AvgIpc) is 3.54. The minimum atomic E-state index is -0.970. The van der Waals surface area contributed by atoms with E-state index in [1.54, 1.807) is 18.2 Å². The third-order valence-corrected chi connectivity index (χ3v) is 7.68. The van der Waals surface area contributed by atoms with Gasteiger partial charge in [0, 0.05) is 24.2 Å². The molecule has 204 valence electrons. The van der Waals surface area contributed by atoms with Gasteiger partial charge in [0.25, 0.3) is 0 Å². The SMILES string of the molecule is CCCCC(C(=O)Nc1cccc(C)c1)N1CC(c2ccc3c(c2)OCO3)C(C(=O)O)C1c1ccc(F)cc1. The van der Waals surface area contributed by atoms with Gasteiger partial charge in [-0.25, -0.2) is 4.39 Å². The summed E-state index contributed by atoms with van der Waals surface area (Å²) in [7, 11) is 0. The van der Waals surface area contributed by atoms with Crippen LogP contribution in [-0.4, -0.2) is 41.3 Å². The summed E-state index contributed by atoms with van der Waals surface area (Å²) in [6.45, 7) is 4.48. The van der Waals surface area contributed by atoms with Crippen molar-refractivity contribution in [2.24, 2.45) is 5.92 Å². The highest BCUT2D eigenvalue weighted by atomic mass is 19.1. The molecule has 8 heteroatoms. The van der Waals surface area contributed by atoms with Gasteiger partial charge in [-0.1, -0.05) is 50.1 Å². The van der Waals surface area contributed by atoms with Crippen LogP contribution in [0.4, 0.5) is 10.1 Å². The lowest BCUT2D eigenvalue weighted by atomic mass is 9.82. The zero-order valence-corrected chi connectivity index (χ0v) is 22.1. The van der Waals surface area contributed by atoms with Crippen LogP contribution in [0.25, 0.3) is 0 Å². The highest BCUT2D eigenvalue weighted by molar-refractivity contribution is 5.95. The molecule has 0 aromatic heterocycles. The molecule has 1 amide bonds. The minimum absolute atomic E-state index is 0.119. The van der Waals surface area contributed by atoms with Crippen molar-refractivity contribution >= 4 is 17.6 Å². The number of carboxylic acids is 1. The smallest absolute Gasteiger partial charge is 0.309 e. The van der Waals surface area contributed by atoms with E-state index in [9.17, 15) is 19.1 Å². The van der Waals surface area contributed by atoms with E-state index in [1.165, 1.54) is 12.1 Å². The number of nitrogens with one attached hydrogen (secondary N) is 1. The Hall–Kier alpha value is -3.91. The number of rotatable bonds is 9. The van der Waals surface area contributed by atoms with Gasteiger partial charge in [-0.2, -0.15) is 0 Å². The summed E-state index contributed by atoms with van der Waals surface area (Å²) in [6, 6.07) is 17.8. The molecular weight excluding hydrogens is 499 g/mol. The first-order chi connectivity index (χ1) is 18.9. The van der Waals surface area contributed by atoms with E-state index in [0.717, 1.165) is 24.0 Å².